The van der Waals surface area contributed by atoms with Crippen LogP contribution in [-0.2, 0) is 16.0 Å². The summed E-state index contributed by atoms with van der Waals surface area (Å²) < 4.78 is 5.38. The van der Waals surface area contributed by atoms with Crippen molar-refractivity contribution in [3.05, 3.63) is 22.4 Å². The Kier molecular flexibility index (Phi) is 6.11. The highest BCUT2D eigenvalue weighted by molar-refractivity contribution is 7.10. The number of hydrogen-bond donors (Lipinski definition) is 1. The van der Waals surface area contributed by atoms with E-state index in [2.05, 4.69) is 5.32 Å². The maximum atomic E-state index is 11.5. The predicted molar refractivity (Wildman–Crippen MR) is 66.7 cm³/mol. The van der Waals surface area contributed by atoms with Crippen LogP contribution in [0.3, 0.4) is 0 Å². The normalized spacial score (nSPS) is 10.7. The lowest BCUT2D eigenvalue weighted by molar-refractivity contribution is -0.120. The van der Waals surface area contributed by atoms with Crippen molar-refractivity contribution < 1.29 is 9.53 Å². The van der Waals surface area contributed by atoms with Crippen molar-refractivity contribution >= 4 is 17.2 Å². The van der Waals surface area contributed by atoms with Crippen LogP contribution in [0.15, 0.2) is 17.5 Å². The highest BCUT2D eigenvalue weighted by atomic mass is 32.1. The molecule has 0 bridgehead atoms. The van der Waals surface area contributed by atoms with E-state index in [1.807, 2.05) is 31.4 Å². The quantitative estimate of drug-likeness (QED) is 0.743. The molecule has 0 unspecified atom stereocenters. The monoisotopic (exact) mass is 241 g/mol. The minimum atomic E-state index is 0.0898. The van der Waals surface area contributed by atoms with Gasteiger partial charge in [-0.1, -0.05) is 6.07 Å². The first-order valence-corrected chi connectivity index (χ1v) is 6.47. The largest absolute Gasteiger partial charge is 0.379 e. The van der Waals surface area contributed by atoms with E-state index in [0.717, 1.165) is 11.3 Å². The Morgan fingerprint density at radius 3 is 3.00 bits per heavy atom. The van der Waals surface area contributed by atoms with Gasteiger partial charge in [-0.3, -0.25) is 4.79 Å². The first-order chi connectivity index (χ1) is 7.68. The van der Waals surface area contributed by atoms with Crippen LogP contribution in [0.25, 0.3) is 0 Å². The minimum absolute atomic E-state index is 0.0898. The molecule has 3 nitrogen and oxygen atoms in total. The third-order valence-electron chi connectivity index (χ3n) is 2.01. The lowest BCUT2D eigenvalue weighted by Crippen LogP contribution is -2.26. The van der Waals surface area contributed by atoms with Gasteiger partial charge in [0, 0.05) is 18.0 Å². The Labute approximate surface area is 101 Å². The van der Waals surface area contributed by atoms with Crippen molar-refractivity contribution in [2.75, 3.05) is 13.2 Å². The minimum Gasteiger partial charge on any atom is -0.379 e. The molecule has 1 aromatic heterocycles. The second-order valence-corrected chi connectivity index (χ2v) is 4.91. The van der Waals surface area contributed by atoms with Crippen molar-refractivity contribution in [2.24, 2.45) is 0 Å². The number of carbonyl (C=O) groups is 1. The molecular formula is C12H19NO2S. The van der Waals surface area contributed by atoms with Crippen LogP contribution < -0.4 is 5.32 Å². The van der Waals surface area contributed by atoms with Gasteiger partial charge in [0.1, 0.15) is 0 Å². The standard InChI is InChI=1S/C12H19NO2S/c1-10(2)15-7-4-6-13-12(14)9-11-5-3-8-16-11/h3,5,8,10H,4,6-7,9H2,1-2H3,(H,13,14). The van der Waals surface area contributed by atoms with Crippen LogP contribution in [-0.4, -0.2) is 25.2 Å². The Morgan fingerprint density at radius 2 is 2.38 bits per heavy atom. The summed E-state index contributed by atoms with van der Waals surface area (Å²) in [7, 11) is 0. The molecule has 0 fully saturated rings. The maximum Gasteiger partial charge on any atom is 0.225 e. The summed E-state index contributed by atoms with van der Waals surface area (Å²) in [5.41, 5.74) is 0. The molecule has 4 heteroatoms. The zero-order chi connectivity index (χ0) is 11.8. The summed E-state index contributed by atoms with van der Waals surface area (Å²) in [6.45, 7) is 5.42. The second kappa shape index (κ2) is 7.41. The number of rotatable bonds is 7. The molecule has 1 amide bonds. The number of hydrogen-bond acceptors (Lipinski definition) is 3. The van der Waals surface area contributed by atoms with Gasteiger partial charge in [-0.25, -0.2) is 0 Å². The number of nitrogens with one attached hydrogen (secondary N) is 1. The fraction of sp³-hybridized carbons (Fsp3) is 0.583. The molecule has 16 heavy (non-hydrogen) atoms. The fourth-order valence-electron chi connectivity index (χ4n) is 1.25. The molecule has 1 N–H and O–H groups in total. The molecular weight excluding hydrogens is 222 g/mol. The SMILES string of the molecule is CC(C)OCCCNC(=O)Cc1cccs1. The van der Waals surface area contributed by atoms with Gasteiger partial charge in [-0.2, -0.15) is 0 Å². The van der Waals surface area contributed by atoms with E-state index >= 15 is 0 Å². The van der Waals surface area contributed by atoms with E-state index in [1.54, 1.807) is 11.3 Å². The molecule has 90 valence electrons. The van der Waals surface area contributed by atoms with Gasteiger partial charge in [0.05, 0.1) is 12.5 Å². The van der Waals surface area contributed by atoms with Crippen molar-refractivity contribution in [3.63, 3.8) is 0 Å². The molecule has 1 heterocycles. The summed E-state index contributed by atoms with van der Waals surface area (Å²) in [5, 5.41) is 4.87. The van der Waals surface area contributed by atoms with E-state index < -0.39 is 0 Å². The molecule has 1 rings (SSSR count). The van der Waals surface area contributed by atoms with Gasteiger partial charge in [0.15, 0.2) is 0 Å². The van der Waals surface area contributed by atoms with Crippen LogP contribution in [0.4, 0.5) is 0 Å². The lowest BCUT2D eigenvalue weighted by Gasteiger charge is -2.07. The third kappa shape index (κ3) is 5.88. The number of thiophene rings is 1. The first-order valence-electron chi connectivity index (χ1n) is 5.59. The molecule has 0 aliphatic rings. The number of carbonyl (C=O) groups excluding carboxylic acids is 1. The Bertz CT molecular complexity index is 296. The summed E-state index contributed by atoms with van der Waals surface area (Å²) in [5.74, 6) is 0.0898. The summed E-state index contributed by atoms with van der Waals surface area (Å²) in [4.78, 5) is 12.6. The van der Waals surface area contributed by atoms with Gasteiger partial charge in [-0.15, -0.1) is 11.3 Å². The Balaban J connectivity index is 2.03. The van der Waals surface area contributed by atoms with E-state index in [0.29, 0.717) is 19.6 Å². The van der Waals surface area contributed by atoms with Gasteiger partial charge in [-0.05, 0) is 31.7 Å². The van der Waals surface area contributed by atoms with Crippen LogP contribution >= 0.6 is 11.3 Å². The highest BCUT2D eigenvalue weighted by Crippen LogP contribution is 2.08. The summed E-state index contributed by atoms with van der Waals surface area (Å²) in [6.07, 6.45) is 1.62. The van der Waals surface area contributed by atoms with Crippen molar-refractivity contribution in [3.8, 4) is 0 Å². The van der Waals surface area contributed by atoms with Gasteiger partial charge >= 0.3 is 0 Å². The molecule has 0 aromatic carbocycles. The number of amides is 1. The summed E-state index contributed by atoms with van der Waals surface area (Å²) in [6, 6.07) is 3.94. The first kappa shape index (κ1) is 13.2. The van der Waals surface area contributed by atoms with Crippen molar-refractivity contribution in [2.45, 2.75) is 32.8 Å². The van der Waals surface area contributed by atoms with Crippen LogP contribution in [0, 0.1) is 0 Å². The smallest absolute Gasteiger partial charge is 0.225 e. The van der Waals surface area contributed by atoms with Crippen molar-refractivity contribution in [1.29, 1.82) is 0 Å². The van der Waals surface area contributed by atoms with Gasteiger partial charge in [0.2, 0.25) is 5.91 Å². The zero-order valence-electron chi connectivity index (χ0n) is 9.86. The molecule has 0 saturated heterocycles. The Hall–Kier alpha value is -0.870. The highest BCUT2D eigenvalue weighted by Gasteiger charge is 2.03. The molecule has 0 aliphatic heterocycles. The average molecular weight is 241 g/mol. The molecule has 0 radical (unpaired) electrons. The predicted octanol–water partition coefficient (Wildman–Crippen LogP) is 2.22. The summed E-state index contributed by atoms with van der Waals surface area (Å²) >= 11 is 1.61. The van der Waals surface area contributed by atoms with Crippen LogP contribution in [0.2, 0.25) is 0 Å². The molecule has 0 saturated carbocycles. The average Bonchev–Trinajstić information content (AvgIpc) is 2.69. The number of ether oxygens (including phenoxy) is 1. The lowest BCUT2D eigenvalue weighted by atomic mass is 10.3. The van der Waals surface area contributed by atoms with E-state index in [1.165, 1.54) is 0 Å². The fourth-order valence-corrected chi connectivity index (χ4v) is 1.96. The molecule has 0 spiro atoms. The van der Waals surface area contributed by atoms with Crippen LogP contribution in [0.5, 0.6) is 0 Å². The topological polar surface area (TPSA) is 38.3 Å². The van der Waals surface area contributed by atoms with E-state index in [-0.39, 0.29) is 12.0 Å². The van der Waals surface area contributed by atoms with Crippen molar-refractivity contribution in [1.82, 2.24) is 5.32 Å². The van der Waals surface area contributed by atoms with Gasteiger partial charge in [0.25, 0.3) is 0 Å². The third-order valence-corrected chi connectivity index (χ3v) is 2.89. The Morgan fingerprint density at radius 1 is 1.56 bits per heavy atom. The van der Waals surface area contributed by atoms with Gasteiger partial charge < -0.3 is 10.1 Å². The molecule has 1 aromatic rings. The molecule has 0 aliphatic carbocycles. The zero-order valence-corrected chi connectivity index (χ0v) is 10.7. The maximum absolute atomic E-state index is 11.5. The second-order valence-electron chi connectivity index (χ2n) is 3.88. The van der Waals surface area contributed by atoms with Crippen LogP contribution in [0.1, 0.15) is 25.1 Å². The van der Waals surface area contributed by atoms with E-state index in [9.17, 15) is 4.79 Å². The van der Waals surface area contributed by atoms with E-state index in [4.69, 9.17) is 4.74 Å². The molecule has 0 atom stereocenters.